The van der Waals surface area contributed by atoms with Crippen molar-refractivity contribution in [1.29, 1.82) is 0 Å². The Hall–Kier alpha value is -4.11. The molecule has 31 heavy (non-hydrogen) atoms. The topological polar surface area (TPSA) is 96.2 Å². The van der Waals surface area contributed by atoms with Crippen LogP contribution >= 0.6 is 11.3 Å². The molecule has 0 aliphatic rings. The van der Waals surface area contributed by atoms with Gasteiger partial charge in [0.15, 0.2) is 11.5 Å². The second-order valence-electron chi connectivity index (χ2n) is 6.23. The van der Waals surface area contributed by atoms with Crippen LogP contribution in [0.5, 0.6) is 5.75 Å². The van der Waals surface area contributed by atoms with E-state index in [9.17, 15) is 9.59 Å². The zero-order valence-corrected chi connectivity index (χ0v) is 17.2. The lowest BCUT2D eigenvalue weighted by Crippen LogP contribution is -2.17. The predicted octanol–water partition coefficient (Wildman–Crippen LogP) is 3.79. The summed E-state index contributed by atoms with van der Waals surface area (Å²) in [4.78, 5) is 25.5. The van der Waals surface area contributed by atoms with E-state index in [1.807, 2.05) is 47.8 Å². The van der Waals surface area contributed by atoms with Crippen LogP contribution in [0.4, 0.5) is 0 Å². The first-order valence-corrected chi connectivity index (χ1v) is 10.0. The third-order valence-electron chi connectivity index (χ3n) is 4.25. The normalized spacial score (nSPS) is 11.2. The van der Waals surface area contributed by atoms with Crippen LogP contribution in [0.1, 0.15) is 15.2 Å². The number of methoxy groups -OCH3 is 1. The first-order valence-electron chi connectivity index (χ1n) is 9.15. The van der Waals surface area contributed by atoms with Gasteiger partial charge in [-0.05, 0) is 52.2 Å². The fraction of sp³-hybridized carbons (Fsp3) is 0.0455. The van der Waals surface area contributed by atoms with Crippen LogP contribution < -0.4 is 4.74 Å². The largest absolute Gasteiger partial charge is 0.465 e. The van der Waals surface area contributed by atoms with Crippen molar-refractivity contribution in [2.24, 2.45) is 0 Å². The molecule has 0 unspecified atom stereocenters. The number of aromatic nitrogens is 4. The van der Waals surface area contributed by atoms with Crippen LogP contribution in [-0.2, 0) is 9.53 Å². The van der Waals surface area contributed by atoms with E-state index in [2.05, 4.69) is 20.3 Å². The van der Waals surface area contributed by atoms with Crippen LogP contribution in [0.15, 0.2) is 72.1 Å². The first kappa shape index (κ1) is 20.2. The summed E-state index contributed by atoms with van der Waals surface area (Å²) in [6.45, 7) is 0. The highest BCUT2D eigenvalue weighted by molar-refractivity contribution is 7.10. The van der Waals surface area contributed by atoms with E-state index in [1.54, 1.807) is 6.08 Å². The predicted molar refractivity (Wildman–Crippen MR) is 115 cm³/mol. The highest BCUT2D eigenvalue weighted by Crippen LogP contribution is 2.24. The molecular formula is C22H16N4O4S. The molecule has 2 aromatic heterocycles. The molecule has 0 atom stereocenters. The van der Waals surface area contributed by atoms with Crippen molar-refractivity contribution in [1.82, 2.24) is 20.2 Å². The molecule has 4 rings (SSSR count). The molecule has 8 nitrogen and oxygen atoms in total. The molecule has 0 amide bonds. The maximum absolute atomic E-state index is 13.1. The highest BCUT2D eigenvalue weighted by atomic mass is 32.1. The number of esters is 2. The molecule has 0 N–H and O–H groups in total. The zero-order chi connectivity index (χ0) is 21.6. The van der Waals surface area contributed by atoms with Crippen molar-refractivity contribution >= 4 is 35.0 Å². The summed E-state index contributed by atoms with van der Waals surface area (Å²) in [5.74, 6) is -0.452. The maximum Gasteiger partial charge on any atom is 0.362 e. The van der Waals surface area contributed by atoms with Gasteiger partial charge >= 0.3 is 11.9 Å². The van der Waals surface area contributed by atoms with E-state index in [0.717, 1.165) is 10.4 Å². The van der Waals surface area contributed by atoms with Gasteiger partial charge < -0.3 is 9.47 Å². The van der Waals surface area contributed by atoms with Crippen molar-refractivity contribution in [2.45, 2.75) is 0 Å². The summed E-state index contributed by atoms with van der Waals surface area (Å²) >= 11 is 1.46. The van der Waals surface area contributed by atoms with Gasteiger partial charge in [0, 0.05) is 10.4 Å². The minimum absolute atomic E-state index is 0.142. The first-order chi connectivity index (χ1) is 15.2. The molecule has 154 valence electrons. The second-order valence-corrected chi connectivity index (χ2v) is 7.21. The van der Waals surface area contributed by atoms with Gasteiger partial charge in [-0.2, -0.15) is 4.68 Å². The molecular weight excluding hydrogens is 416 g/mol. The Morgan fingerprint density at radius 1 is 1.00 bits per heavy atom. The number of thiophene rings is 1. The van der Waals surface area contributed by atoms with Gasteiger partial charge in [0.25, 0.3) is 0 Å². The third kappa shape index (κ3) is 4.57. The van der Waals surface area contributed by atoms with Crippen LogP contribution in [0, 0.1) is 0 Å². The van der Waals surface area contributed by atoms with Crippen molar-refractivity contribution < 1.29 is 19.1 Å². The molecule has 0 saturated heterocycles. The molecule has 0 fully saturated rings. The molecule has 2 heterocycles. The number of tetrazole rings is 1. The molecule has 0 aliphatic carbocycles. The van der Waals surface area contributed by atoms with Crippen molar-refractivity contribution in [3.05, 3.63) is 82.6 Å². The van der Waals surface area contributed by atoms with Crippen LogP contribution in [0.3, 0.4) is 0 Å². The summed E-state index contributed by atoms with van der Waals surface area (Å²) < 4.78 is 11.6. The average molecular weight is 432 g/mol. The maximum atomic E-state index is 13.1. The zero-order valence-electron chi connectivity index (χ0n) is 16.3. The lowest BCUT2D eigenvalue weighted by atomic mass is 10.2. The smallest absolute Gasteiger partial charge is 0.362 e. The van der Waals surface area contributed by atoms with Crippen molar-refractivity contribution in [3.63, 3.8) is 0 Å². The van der Waals surface area contributed by atoms with Gasteiger partial charge in [0.2, 0.25) is 0 Å². The number of benzene rings is 2. The molecule has 0 radical (unpaired) electrons. The van der Waals surface area contributed by atoms with Crippen LogP contribution in [-0.4, -0.2) is 39.3 Å². The lowest BCUT2D eigenvalue weighted by molar-refractivity contribution is -0.128. The van der Waals surface area contributed by atoms with Gasteiger partial charge in [0.1, 0.15) is 5.75 Å². The number of carbonyl (C=O) groups is 2. The van der Waals surface area contributed by atoms with E-state index >= 15 is 0 Å². The van der Waals surface area contributed by atoms with E-state index < -0.39 is 11.9 Å². The monoisotopic (exact) mass is 432 g/mol. The van der Waals surface area contributed by atoms with Gasteiger partial charge in [-0.3, -0.25) is 0 Å². The summed E-state index contributed by atoms with van der Waals surface area (Å²) in [6, 6.07) is 19.1. The van der Waals surface area contributed by atoms with Gasteiger partial charge in [-0.1, -0.05) is 36.4 Å². The molecule has 0 saturated carbocycles. The molecule has 9 heteroatoms. The molecule has 2 aromatic carbocycles. The van der Waals surface area contributed by atoms with Crippen LogP contribution in [0.25, 0.3) is 23.2 Å². The molecule has 0 aliphatic heterocycles. The summed E-state index contributed by atoms with van der Waals surface area (Å²) in [6.07, 6.45) is 1.67. The van der Waals surface area contributed by atoms with Gasteiger partial charge in [-0.25, -0.2) is 9.59 Å². The molecule has 0 spiro atoms. The number of ether oxygens (including phenoxy) is 2. The van der Waals surface area contributed by atoms with Crippen molar-refractivity contribution in [3.8, 4) is 17.1 Å². The van der Waals surface area contributed by atoms with Gasteiger partial charge in [0.05, 0.1) is 12.7 Å². The van der Waals surface area contributed by atoms with Gasteiger partial charge in [-0.15, -0.1) is 16.4 Å². The number of hydrogen-bond donors (Lipinski definition) is 0. The Kier molecular flexibility index (Phi) is 5.95. The number of nitrogens with zero attached hydrogens (tertiary/aromatic N) is 4. The van der Waals surface area contributed by atoms with Crippen molar-refractivity contribution in [2.75, 3.05) is 7.11 Å². The highest BCUT2D eigenvalue weighted by Gasteiger charge is 2.21. The minimum Gasteiger partial charge on any atom is -0.465 e. The lowest BCUT2D eigenvalue weighted by Gasteiger charge is -2.10. The number of rotatable bonds is 6. The number of carbonyl (C=O) groups excluding carboxylic acids is 2. The Balaban J connectivity index is 1.68. The second kappa shape index (κ2) is 9.14. The Morgan fingerprint density at radius 2 is 1.77 bits per heavy atom. The standard InChI is InChI=1S/C22H16N4O4S/c1-29-21(27)16-9-11-17(12-10-16)30-22(28)19(14-18-8-5-13-31-18)26-20(23-24-25-26)15-6-3-2-4-7-15/h2-14H,1H3/b19-14+. The van der Waals surface area contributed by atoms with E-state index in [-0.39, 0.29) is 11.4 Å². The SMILES string of the molecule is COC(=O)c1ccc(OC(=O)/C(=C\c2cccs2)n2nnnc2-c2ccccc2)cc1. The number of hydrogen-bond acceptors (Lipinski definition) is 8. The van der Waals surface area contributed by atoms with Crippen LogP contribution in [0.2, 0.25) is 0 Å². The minimum atomic E-state index is -0.649. The Bertz CT molecular complexity index is 1220. The molecule has 4 aromatic rings. The Morgan fingerprint density at radius 3 is 2.45 bits per heavy atom. The quantitative estimate of drug-likeness (QED) is 0.260. The molecule has 0 bridgehead atoms. The van der Waals surface area contributed by atoms with E-state index in [0.29, 0.717) is 11.4 Å². The van der Waals surface area contributed by atoms with E-state index in [1.165, 1.54) is 47.4 Å². The fourth-order valence-corrected chi connectivity index (χ4v) is 3.42. The van der Waals surface area contributed by atoms with E-state index in [4.69, 9.17) is 4.74 Å². The third-order valence-corrected chi connectivity index (χ3v) is 5.07. The fourth-order valence-electron chi connectivity index (χ4n) is 2.77. The Labute approximate surface area is 181 Å². The summed E-state index contributed by atoms with van der Waals surface area (Å²) in [5.41, 5.74) is 1.24. The summed E-state index contributed by atoms with van der Waals surface area (Å²) in [5, 5.41) is 13.7. The average Bonchev–Trinajstić information content (AvgIpc) is 3.50. The summed E-state index contributed by atoms with van der Waals surface area (Å²) in [7, 11) is 1.30.